The van der Waals surface area contributed by atoms with Crippen LogP contribution in [0.5, 0.6) is 5.75 Å². The molecule has 22 heteroatoms. The van der Waals surface area contributed by atoms with Crippen LogP contribution in [0.4, 0.5) is 0 Å². The van der Waals surface area contributed by atoms with E-state index in [1.807, 2.05) is 13.8 Å². The van der Waals surface area contributed by atoms with Crippen LogP contribution in [0, 0.1) is 5.92 Å². The maximum atomic E-state index is 14.5. The molecule has 0 radical (unpaired) electrons. The van der Waals surface area contributed by atoms with Gasteiger partial charge in [0, 0.05) is 19.4 Å². The zero-order chi connectivity index (χ0) is 49.2. The summed E-state index contributed by atoms with van der Waals surface area (Å²) in [4.78, 5) is 120. The number of aliphatic hydroxyl groups is 2. The van der Waals surface area contributed by atoms with Gasteiger partial charge in [0.05, 0.1) is 19.3 Å². The van der Waals surface area contributed by atoms with Gasteiger partial charge >= 0.3 is 5.97 Å². The highest BCUT2D eigenvalue weighted by Crippen LogP contribution is 2.21. The first-order valence-corrected chi connectivity index (χ1v) is 21.6. The molecule has 362 valence electrons. The summed E-state index contributed by atoms with van der Waals surface area (Å²) in [5.74, 6) is -7.84. The zero-order valence-corrected chi connectivity index (χ0v) is 37.6. The summed E-state index contributed by atoms with van der Waals surface area (Å²) >= 11 is 0. The van der Waals surface area contributed by atoms with Crippen molar-refractivity contribution in [2.24, 2.45) is 11.7 Å². The number of hydrogen-bond acceptors (Lipinski definition) is 13. The first-order chi connectivity index (χ1) is 31.1. The molecule has 0 aromatic heterocycles. The van der Waals surface area contributed by atoms with Gasteiger partial charge < -0.3 is 68.3 Å². The summed E-state index contributed by atoms with van der Waals surface area (Å²) in [6.07, 6.45) is -1.02. The van der Waals surface area contributed by atoms with Gasteiger partial charge in [0.25, 0.3) is 0 Å². The third kappa shape index (κ3) is 16.7. The highest BCUT2D eigenvalue weighted by atomic mass is 16.4. The minimum absolute atomic E-state index is 0.0581. The van der Waals surface area contributed by atoms with Crippen LogP contribution in [0.25, 0.3) is 0 Å². The molecule has 22 nitrogen and oxygen atoms in total. The SMILES string of the molecule is CC(C)C[C@H](NC(=O)[C@@H](N)CO)C(=O)NCC(=O)N[C@@H](Cc1ccc(O)cc1)C(=O)N[C@@H](Cc1ccccc1)C(=O)N1CCC[C@H]1C(=O)N[C@H](C(=O)N[C@@H](C)C(=O)N[C@@H](C)C(=O)O)[C@@H](C)O. The number of aliphatic carboxylic acids is 1. The molecular weight excluding hydrogens is 863 g/mol. The van der Waals surface area contributed by atoms with Gasteiger partial charge in [-0.3, -0.25) is 43.2 Å². The Morgan fingerprint density at radius 1 is 0.697 bits per heavy atom. The molecule has 0 unspecified atom stereocenters. The Bertz CT molecular complexity index is 2020. The molecule has 0 bridgehead atoms. The quantitative estimate of drug-likeness (QED) is 0.0502. The summed E-state index contributed by atoms with van der Waals surface area (Å²) in [5, 5.41) is 56.0. The van der Waals surface area contributed by atoms with E-state index in [9.17, 15) is 58.5 Å². The number of nitrogens with one attached hydrogen (secondary N) is 7. The minimum atomic E-state index is -1.60. The molecule has 66 heavy (non-hydrogen) atoms. The van der Waals surface area contributed by atoms with E-state index in [0.29, 0.717) is 17.5 Å². The molecule has 0 saturated carbocycles. The number of aromatic hydroxyl groups is 1. The highest BCUT2D eigenvalue weighted by molar-refractivity contribution is 5.98. The minimum Gasteiger partial charge on any atom is -0.508 e. The number of benzene rings is 2. The molecule has 1 aliphatic heterocycles. The van der Waals surface area contributed by atoms with Crippen molar-refractivity contribution in [2.45, 2.75) is 121 Å². The number of carbonyl (C=O) groups is 9. The van der Waals surface area contributed by atoms with Crippen molar-refractivity contribution in [1.82, 2.24) is 42.1 Å². The smallest absolute Gasteiger partial charge is 0.325 e. The van der Waals surface area contributed by atoms with E-state index < -0.39 is 121 Å². The number of carbonyl (C=O) groups excluding carboxylic acids is 8. The number of phenolic OH excluding ortho intramolecular Hbond substituents is 1. The van der Waals surface area contributed by atoms with Crippen molar-refractivity contribution in [3.8, 4) is 5.75 Å². The largest absolute Gasteiger partial charge is 0.508 e. The van der Waals surface area contributed by atoms with E-state index in [1.54, 1.807) is 30.3 Å². The Kier molecular flexibility index (Phi) is 20.9. The summed E-state index contributed by atoms with van der Waals surface area (Å²) in [5.41, 5.74) is 6.73. The van der Waals surface area contributed by atoms with Gasteiger partial charge in [-0.1, -0.05) is 56.3 Å². The van der Waals surface area contributed by atoms with Crippen molar-refractivity contribution in [3.05, 3.63) is 65.7 Å². The van der Waals surface area contributed by atoms with Crippen molar-refractivity contribution in [3.63, 3.8) is 0 Å². The molecule has 2 aromatic carbocycles. The molecule has 1 aliphatic rings. The Morgan fingerprint density at radius 3 is 1.88 bits per heavy atom. The molecule has 0 aliphatic carbocycles. The number of carboxylic acids is 1. The van der Waals surface area contributed by atoms with E-state index in [4.69, 9.17) is 10.8 Å². The lowest BCUT2D eigenvalue weighted by atomic mass is 10.0. The Balaban J connectivity index is 1.84. The molecular formula is C44H63N9O13. The van der Waals surface area contributed by atoms with Gasteiger partial charge in [-0.05, 0) is 69.2 Å². The van der Waals surface area contributed by atoms with Gasteiger partial charge in [0.1, 0.15) is 54.1 Å². The van der Waals surface area contributed by atoms with E-state index in [1.165, 1.54) is 49.9 Å². The molecule has 1 heterocycles. The molecule has 2 aromatic rings. The first-order valence-electron chi connectivity index (χ1n) is 21.6. The number of nitrogens with zero attached hydrogens (tertiary/aromatic N) is 1. The number of nitrogens with two attached hydrogens (primary N) is 1. The van der Waals surface area contributed by atoms with Gasteiger partial charge in [-0.25, -0.2) is 0 Å². The number of carboxylic acid groups (broad SMARTS) is 1. The molecule has 1 saturated heterocycles. The molecule has 9 atom stereocenters. The molecule has 1 fully saturated rings. The van der Waals surface area contributed by atoms with E-state index in [2.05, 4.69) is 37.2 Å². The van der Waals surface area contributed by atoms with Crippen LogP contribution in [0.2, 0.25) is 0 Å². The number of hydrogen-bond donors (Lipinski definition) is 12. The van der Waals surface area contributed by atoms with Crippen LogP contribution in [0.1, 0.15) is 65.0 Å². The van der Waals surface area contributed by atoms with Crippen molar-refractivity contribution < 1.29 is 63.6 Å². The predicted molar refractivity (Wildman–Crippen MR) is 236 cm³/mol. The zero-order valence-electron chi connectivity index (χ0n) is 37.6. The topological polar surface area (TPSA) is 348 Å². The maximum Gasteiger partial charge on any atom is 0.325 e. The van der Waals surface area contributed by atoms with Crippen LogP contribution in [0.15, 0.2) is 54.6 Å². The summed E-state index contributed by atoms with van der Waals surface area (Å²) in [6, 6.07) is 4.11. The normalized spacial score (nSPS) is 17.0. The Morgan fingerprint density at radius 2 is 1.29 bits per heavy atom. The second kappa shape index (κ2) is 25.7. The summed E-state index contributed by atoms with van der Waals surface area (Å²) in [6.45, 7) is 6.13. The second-order valence-electron chi connectivity index (χ2n) is 16.7. The number of amides is 8. The average Bonchev–Trinajstić information content (AvgIpc) is 3.77. The van der Waals surface area contributed by atoms with Crippen molar-refractivity contribution >= 4 is 53.2 Å². The second-order valence-corrected chi connectivity index (χ2v) is 16.7. The fraction of sp³-hybridized carbons (Fsp3) is 0.523. The lowest BCUT2D eigenvalue weighted by Gasteiger charge is -2.31. The molecule has 0 spiro atoms. The van der Waals surface area contributed by atoms with Gasteiger partial charge in [0.15, 0.2) is 0 Å². The third-order valence-corrected chi connectivity index (χ3v) is 10.6. The predicted octanol–water partition coefficient (Wildman–Crippen LogP) is -2.94. The number of rotatable bonds is 24. The maximum absolute atomic E-state index is 14.5. The standard InChI is InChI=1S/C44H63N9O13/c1-23(2)18-31(50-38(59)30(45)22-54)39(60)46-21-35(57)49-32(19-28-13-15-29(56)16-14-28)40(61)51-33(20-27-10-7-6-8-11-27)43(64)53-17-9-12-34(53)41(62)52-36(26(5)55)42(63)47-24(3)37(58)48-25(4)44(65)66/h6-8,10-11,13-16,23-26,30-34,36,54-56H,9,12,17-22,45H2,1-5H3,(H,46,60)(H,47,63)(H,48,58)(H,49,57)(H,50,59)(H,51,61)(H,52,62)(H,65,66)/t24-,25-,26+,30-,31-,32-,33-,34-,36-/m0/s1. The molecule has 3 rings (SSSR count). The fourth-order valence-corrected chi connectivity index (χ4v) is 6.93. The van der Waals surface area contributed by atoms with Crippen LogP contribution < -0.4 is 43.0 Å². The van der Waals surface area contributed by atoms with Crippen molar-refractivity contribution in [1.29, 1.82) is 0 Å². The number of likely N-dealkylation sites (tertiary alicyclic amines) is 1. The average molecular weight is 926 g/mol. The van der Waals surface area contributed by atoms with Gasteiger partial charge in [-0.2, -0.15) is 0 Å². The lowest BCUT2D eigenvalue weighted by molar-refractivity contribution is -0.143. The van der Waals surface area contributed by atoms with Crippen LogP contribution >= 0.6 is 0 Å². The van der Waals surface area contributed by atoms with Crippen LogP contribution in [-0.4, -0.2) is 153 Å². The highest BCUT2D eigenvalue weighted by Gasteiger charge is 2.40. The first kappa shape index (κ1) is 53.7. The fourth-order valence-electron chi connectivity index (χ4n) is 6.93. The molecule has 13 N–H and O–H groups in total. The Labute approximate surface area is 382 Å². The van der Waals surface area contributed by atoms with Crippen LogP contribution in [-0.2, 0) is 56.0 Å². The summed E-state index contributed by atoms with van der Waals surface area (Å²) < 4.78 is 0. The van der Waals surface area contributed by atoms with Crippen molar-refractivity contribution in [2.75, 3.05) is 19.7 Å². The number of aliphatic hydroxyl groups excluding tert-OH is 2. The number of phenols is 1. The van der Waals surface area contributed by atoms with Crippen LogP contribution in [0.3, 0.4) is 0 Å². The lowest BCUT2D eigenvalue weighted by Crippen LogP contribution is -2.61. The van der Waals surface area contributed by atoms with E-state index in [0.717, 1.165) is 0 Å². The van der Waals surface area contributed by atoms with Gasteiger partial charge in [-0.15, -0.1) is 0 Å². The Hall–Kier alpha value is -6.65. The third-order valence-electron chi connectivity index (χ3n) is 10.6. The van der Waals surface area contributed by atoms with E-state index >= 15 is 0 Å². The monoisotopic (exact) mass is 925 g/mol. The summed E-state index contributed by atoms with van der Waals surface area (Å²) in [7, 11) is 0. The molecule has 8 amide bonds. The van der Waals surface area contributed by atoms with Gasteiger partial charge in [0.2, 0.25) is 47.3 Å². The van der Waals surface area contributed by atoms with E-state index in [-0.39, 0.29) is 43.9 Å².